The Hall–Kier alpha value is -0.700. The minimum atomic E-state index is -0.185. The van der Waals surface area contributed by atoms with E-state index in [1.54, 1.807) is 0 Å². The molecule has 2 nitrogen and oxygen atoms in total. The fraction of sp³-hybridized carbons (Fsp3) is 0.810. The van der Waals surface area contributed by atoms with Crippen LogP contribution in [0, 0.1) is 5.92 Å². The van der Waals surface area contributed by atoms with Crippen molar-refractivity contribution in [1.29, 1.82) is 0 Å². The van der Waals surface area contributed by atoms with Crippen LogP contribution in [0.15, 0.2) is 12.2 Å². The van der Waals surface area contributed by atoms with E-state index in [1.165, 1.54) is 83.5 Å². The summed E-state index contributed by atoms with van der Waals surface area (Å²) in [6.07, 6.45) is 23.8. The molecule has 0 radical (unpaired) electrons. The number of allylic oxidation sites excluding steroid dienone is 1. The van der Waals surface area contributed by atoms with Crippen molar-refractivity contribution in [2.45, 2.75) is 103 Å². The second-order valence-corrected chi connectivity index (χ2v) is 7.47. The quantitative estimate of drug-likeness (QED) is 0.138. The van der Waals surface area contributed by atoms with Crippen LogP contribution in [-0.2, 0) is 9.53 Å². The Morgan fingerprint density at radius 3 is 1.88 bits per heavy atom. The molecule has 0 bridgehead atoms. The number of esters is 1. The number of cyclic esters (lactones) is 1. The van der Waals surface area contributed by atoms with E-state index in [4.69, 9.17) is 17.0 Å². The molecule has 0 saturated carbocycles. The van der Waals surface area contributed by atoms with Gasteiger partial charge in [-0.1, -0.05) is 96.1 Å². The van der Waals surface area contributed by atoms with Crippen molar-refractivity contribution in [1.82, 2.24) is 0 Å². The normalized spacial score (nSPS) is 17.8. The molecule has 0 amide bonds. The van der Waals surface area contributed by atoms with Gasteiger partial charge in [-0.05, 0) is 25.1 Å². The number of ether oxygens (including phenoxy) is 1. The zero-order valence-corrected chi connectivity index (χ0v) is 16.4. The third-order valence-electron chi connectivity index (χ3n) is 4.75. The monoisotopic (exact) mass is 352 g/mol. The highest BCUT2D eigenvalue weighted by molar-refractivity contribution is 7.80. The van der Waals surface area contributed by atoms with Crippen molar-refractivity contribution >= 4 is 23.2 Å². The molecule has 1 heterocycles. The van der Waals surface area contributed by atoms with Crippen LogP contribution in [0.4, 0.5) is 0 Å². The number of rotatable bonds is 15. The Morgan fingerprint density at radius 1 is 0.917 bits per heavy atom. The Bertz CT molecular complexity index is 376. The van der Waals surface area contributed by atoms with Gasteiger partial charge < -0.3 is 4.74 Å². The fourth-order valence-corrected chi connectivity index (χ4v) is 3.43. The predicted octanol–water partition coefficient (Wildman–Crippen LogP) is 6.91. The molecule has 0 aromatic heterocycles. The summed E-state index contributed by atoms with van der Waals surface area (Å²) >= 11 is 5.03. The summed E-state index contributed by atoms with van der Waals surface area (Å²) in [5.41, 5.74) is 0. The van der Waals surface area contributed by atoms with Gasteiger partial charge in [-0.15, -0.1) is 0 Å². The Labute approximate surface area is 154 Å². The summed E-state index contributed by atoms with van der Waals surface area (Å²) in [6, 6.07) is 0. The molecule has 138 valence electrons. The van der Waals surface area contributed by atoms with Crippen LogP contribution in [0.5, 0.6) is 0 Å². The lowest BCUT2D eigenvalue weighted by Gasteiger charge is -2.02. The Morgan fingerprint density at radius 2 is 1.42 bits per heavy atom. The number of hydrogen-bond donors (Lipinski definition) is 0. The van der Waals surface area contributed by atoms with E-state index in [2.05, 4.69) is 13.0 Å². The summed E-state index contributed by atoms with van der Waals surface area (Å²) in [5.74, 6) is -0.148. The van der Waals surface area contributed by atoms with Gasteiger partial charge in [-0.3, -0.25) is 4.79 Å². The van der Waals surface area contributed by atoms with Crippen LogP contribution in [0.1, 0.15) is 103 Å². The summed E-state index contributed by atoms with van der Waals surface area (Å²) in [4.78, 5) is 11.1. The number of unbranched alkanes of at least 4 members (excludes halogenated alkanes) is 13. The summed E-state index contributed by atoms with van der Waals surface area (Å²) in [5, 5.41) is 0.446. The molecule has 1 unspecified atom stereocenters. The zero-order valence-electron chi connectivity index (χ0n) is 15.6. The average molecular weight is 353 g/mol. The summed E-state index contributed by atoms with van der Waals surface area (Å²) in [7, 11) is 0. The van der Waals surface area contributed by atoms with Gasteiger partial charge >= 0.3 is 5.97 Å². The third-order valence-corrected chi connectivity index (χ3v) is 5.13. The molecule has 1 aliphatic heterocycles. The van der Waals surface area contributed by atoms with Crippen LogP contribution in [-0.4, -0.2) is 11.0 Å². The first-order valence-electron chi connectivity index (χ1n) is 10.1. The first-order valence-corrected chi connectivity index (χ1v) is 10.6. The van der Waals surface area contributed by atoms with Crippen LogP contribution < -0.4 is 0 Å². The minimum Gasteiger partial charge on any atom is -0.418 e. The summed E-state index contributed by atoms with van der Waals surface area (Å²) in [6.45, 7) is 2.28. The molecule has 3 heteroatoms. The molecule has 1 rings (SSSR count). The largest absolute Gasteiger partial charge is 0.418 e. The van der Waals surface area contributed by atoms with Gasteiger partial charge in [0.05, 0.1) is 12.3 Å². The average Bonchev–Trinajstić information content (AvgIpc) is 2.88. The first kappa shape index (κ1) is 21.3. The van der Waals surface area contributed by atoms with Crippen molar-refractivity contribution in [2.75, 3.05) is 0 Å². The highest BCUT2D eigenvalue weighted by Crippen LogP contribution is 2.19. The molecule has 24 heavy (non-hydrogen) atoms. The van der Waals surface area contributed by atoms with Gasteiger partial charge in [0.15, 0.2) is 5.05 Å². The molecule has 1 atom stereocenters. The number of hydrogen-bond acceptors (Lipinski definition) is 3. The van der Waals surface area contributed by atoms with Gasteiger partial charge in [0.2, 0.25) is 0 Å². The van der Waals surface area contributed by atoms with Crippen molar-refractivity contribution in [3.8, 4) is 0 Å². The van der Waals surface area contributed by atoms with Crippen LogP contribution in [0.25, 0.3) is 0 Å². The number of carbonyl (C=O) groups is 1. The SMILES string of the molecule is CCCCCCCCCCCCCCCC=CC1CC(=O)OC1=S. The lowest BCUT2D eigenvalue weighted by Crippen LogP contribution is -2.00. The molecule has 1 aliphatic rings. The second kappa shape index (κ2) is 14.6. The van der Waals surface area contributed by atoms with Crippen LogP contribution in [0.3, 0.4) is 0 Å². The number of carbonyl (C=O) groups excluding carboxylic acids is 1. The molecule has 0 N–H and O–H groups in total. The smallest absolute Gasteiger partial charge is 0.312 e. The van der Waals surface area contributed by atoms with Gasteiger partial charge in [-0.2, -0.15) is 0 Å². The van der Waals surface area contributed by atoms with Gasteiger partial charge in [0, 0.05) is 0 Å². The van der Waals surface area contributed by atoms with Crippen molar-refractivity contribution in [3.63, 3.8) is 0 Å². The standard InChI is InChI=1S/C21H36O2S/c1-2-3-4-5-6-7-8-9-10-11-12-13-14-15-16-17-19-18-20(22)23-21(19)24/h16-17,19H,2-15,18H2,1H3. The van der Waals surface area contributed by atoms with E-state index in [0.717, 1.165) is 6.42 Å². The Balaban J connectivity index is 1.79. The van der Waals surface area contributed by atoms with Crippen LogP contribution >= 0.6 is 12.2 Å². The topological polar surface area (TPSA) is 26.3 Å². The van der Waals surface area contributed by atoms with E-state index in [0.29, 0.717) is 11.5 Å². The molecular weight excluding hydrogens is 316 g/mol. The molecule has 0 spiro atoms. The molecule has 0 aromatic carbocycles. The van der Waals surface area contributed by atoms with Crippen molar-refractivity contribution in [3.05, 3.63) is 12.2 Å². The van der Waals surface area contributed by atoms with E-state index < -0.39 is 0 Å². The summed E-state index contributed by atoms with van der Waals surface area (Å²) < 4.78 is 4.89. The fourth-order valence-electron chi connectivity index (χ4n) is 3.18. The van der Waals surface area contributed by atoms with Crippen molar-refractivity contribution in [2.24, 2.45) is 5.92 Å². The van der Waals surface area contributed by atoms with E-state index in [1.807, 2.05) is 6.08 Å². The predicted molar refractivity (Wildman–Crippen MR) is 106 cm³/mol. The highest BCUT2D eigenvalue weighted by Gasteiger charge is 2.27. The number of thiocarbonyl (C=S) groups is 1. The maximum absolute atomic E-state index is 11.1. The maximum atomic E-state index is 11.1. The van der Waals surface area contributed by atoms with Gasteiger partial charge in [0.25, 0.3) is 0 Å². The molecule has 0 aliphatic carbocycles. The van der Waals surface area contributed by atoms with Crippen LogP contribution in [0.2, 0.25) is 0 Å². The first-order chi connectivity index (χ1) is 11.7. The molecular formula is C21H36O2S. The van der Waals surface area contributed by atoms with E-state index in [9.17, 15) is 4.79 Å². The van der Waals surface area contributed by atoms with E-state index in [-0.39, 0.29) is 11.9 Å². The molecule has 1 fully saturated rings. The second-order valence-electron chi connectivity index (χ2n) is 7.06. The highest BCUT2D eigenvalue weighted by atomic mass is 32.1. The van der Waals surface area contributed by atoms with E-state index >= 15 is 0 Å². The van der Waals surface area contributed by atoms with Gasteiger partial charge in [0.1, 0.15) is 0 Å². The minimum absolute atomic E-state index is 0.0365. The lowest BCUT2D eigenvalue weighted by atomic mass is 10.0. The maximum Gasteiger partial charge on any atom is 0.312 e. The lowest BCUT2D eigenvalue weighted by molar-refractivity contribution is -0.133. The van der Waals surface area contributed by atoms with Gasteiger partial charge in [-0.25, -0.2) is 0 Å². The molecule has 0 aromatic rings. The molecule has 1 saturated heterocycles. The third kappa shape index (κ3) is 11.0. The van der Waals surface area contributed by atoms with Crippen molar-refractivity contribution < 1.29 is 9.53 Å². The Kier molecular flexibility index (Phi) is 13.0. The zero-order chi connectivity index (χ0) is 17.5.